The zero-order valence-corrected chi connectivity index (χ0v) is 70.8. The number of anilines is 8. The molecule has 30 nitrogen and oxygen atoms in total. The summed E-state index contributed by atoms with van der Waals surface area (Å²) in [6.07, 6.45) is 2.92. The number of pyridine rings is 1. The zero-order chi connectivity index (χ0) is 88.7. The molecule has 9 aromatic carbocycles. The maximum atomic E-state index is 12.8. The summed E-state index contributed by atoms with van der Waals surface area (Å²) in [5, 5.41) is 14.2. The van der Waals surface area contributed by atoms with Crippen molar-refractivity contribution >= 4 is 179 Å². The molecule has 4 aliphatic carbocycles. The molecule has 0 aliphatic heterocycles. The van der Waals surface area contributed by atoms with E-state index < -0.39 is 86.4 Å². The summed E-state index contributed by atoms with van der Waals surface area (Å²) < 4.78 is 120. The second kappa shape index (κ2) is 36.7. The Labute approximate surface area is 727 Å². The lowest BCUT2D eigenvalue weighted by molar-refractivity contribution is 0.0982. The van der Waals surface area contributed by atoms with Gasteiger partial charge in [0.1, 0.15) is 54.5 Å². The highest BCUT2D eigenvalue weighted by atomic mass is 35.5. The normalized spacial score (nSPS) is 13.7. The van der Waals surface area contributed by atoms with E-state index >= 15 is 0 Å². The van der Waals surface area contributed by atoms with Crippen molar-refractivity contribution in [3.63, 3.8) is 0 Å². The van der Waals surface area contributed by atoms with Crippen LogP contribution in [0.3, 0.4) is 0 Å². The largest absolute Gasteiger partial charge is 0.495 e. The summed E-state index contributed by atoms with van der Waals surface area (Å²) >= 11 is 24.6. The van der Waals surface area contributed by atoms with Crippen LogP contribution in [0.15, 0.2) is 322 Å². The van der Waals surface area contributed by atoms with Gasteiger partial charge in [-0.05, 0) is 148 Å². The topological polar surface area (TPSA) is 443 Å². The number of ether oxygens (including phenoxy) is 1. The van der Waals surface area contributed by atoms with Crippen LogP contribution in [-0.2, 0) is 40.1 Å². The fraction of sp³-hybridized carbons (Fsp3) is 0.0465. The molecule has 0 saturated carbocycles. The Kier molecular flexibility index (Phi) is 25.9. The molecule has 0 bridgehead atoms. The molecule has 4 aliphatic rings. The number of methoxy groups -OCH3 is 1. The quantitative estimate of drug-likeness (QED) is 0.0331. The van der Waals surface area contributed by atoms with Gasteiger partial charge in [-0.1, -0.05) is 167 Å². The Balaban J connectivity index is 0.000000142. The maximum Gasteiger partial charge on any atom is 0.264 e. The first-order valence-electron chi connectivity index (χ1n) is 36.3. The van der Waals surface area contributed by atoms with E-state index in [1.807, 2.05) is 0 Å². The molecule has 0 atom stereocenters. The van der Waals surface area contributed by atoms with Crippen molar-refractivity contribution in [1.82, 2.24) is 20.1 Å². The van der Waals surface area contributed by atoms with E-state index in [1.54, 1.807) is 160 Å². The zero-order valence-electron chi connectivity index (χ0n) is 64.5. The van der Waals surface area contributed by atoms with Crippen LogP contribution in [-0.4, -0.2) is 107 Å². The van der Waals surface area contributed by atoms with Crippen molar-refractivity contribution in [2.75, 3.05) is 47.3 Å². The molecule has 626 valence electrons. The van der Waals surface area contributed by atoms with Gasteiger partial charge in [0.15, 0.2) is 0 Å². The van der Waals surface area contributed by atoms with Crippen molar-refractivity contribution in [1.29, 1.82) is 0 Å². The summed E-state index contributed by atoms with van der Waals surface area (Å²) in [6.45, 7) is 5.11. The molecule has 3 aromatic heterocycles. The smallest absolute Gasteiger partial charge is 0.264 e. The highest BCUT2D eigenvalue weighted by molar-refractivity contribution is 7.93. The fourth-order valence-electron chi connectivity index (χ4n) is 12.2. The lowest BCUT2D eigenvalue weighted by Crippen LogP contribution is -2.24. The number of carbonyl (C=O) groups is 8. The third-order valence-corrected chi connectivity index (χ3v) is 25.5. The van der Waals surface area contributed by atoms with Gasteiger partial charge in [-0.2, -0.15) is 0 Å². The number of benzene rings is 9. The summed E-state index contributed by atoms with van der Waals surface area (Å²) in [6, 6.07) is 61.4. The molecule has 38 heteroatoms. The number of ketones is 8. The average Bonchev–Trinajstić information content (AvgIpc) is 1.12. The van der Waals surface area contributed by atoms with Crippen LogP contribution < -0.4 is 44.9 Å². The van der Waals surface area contributed by atoms with Crippen molar-refractivity contribution < 1.29 is 81.3 Å². The van der Waals surface area contributed by atoms with E-state index in [2.05, 4.69) is 60.3 Å². The van der Waals surface area contributed by atoms with E-state index in [0.717, 1.165) is 0 Å². The maximum absolute atomic E-state index is 12.8. The van der Waals surface area contributed by atoms with Crippen molar-refractivity contribution in [2.45, 2.75) is 40.4 Å². The number of aromatic nitrogens is 4. The fourth-order valence-corrected chi connectivity index (χ4v) is 17.2. The molecule has 124 heavy (non-hydrogen) atoms. The molecule has 0 radical (unpaired) electrons. The van der Waals surface area contributed by atoms with Gasteiger partial charge in [-0.25, -0.2) is 58.1 Å². The Morgan fingerprint density at radius 1 is 0.323 bits per heavy atom. The standard InChI is InChI=1S/C23H17ClN2O5S.C21H15ClN4O4S.C21H16ClN3O5S.C21H14ClN3O4S/c1-31-19-9-5-4-8-18(19)26-32(29,30)15-12-10-14(11-13-15)25-21-20(24)22(27)16-6-2-3-7-17(16)23(21)28;1-12-10-11-23-21(24-12)26-31(29,30)14-8-6-13(7-9-14)25-18-17(22)19(27)15-4-2-3-5-16(15)20(18)28;1-11-12(2)24-30-21(11)25-31(28,29)14-9-7-13(8-10-14)23-18-17(22)19(26)15-5-3-4-6-16(15)20(18)27;22-18-19(21(27)16-6-2-1-5-15(16)20(18)26)24-13-8-10-14(11-9-13)30(28,29)25-17-7-3-4-12-23-17/h2-13,25-26H,1H3;2-11,25H,1H3,(H,23,24,26);3-10,23,25H,1-2H3;1-12,24H,(H,23,25). The number of nitrogens with one attached hydrogen (secondary N) is 8. The Bertz CT molecular complexity index is 7040. The minimum absolute atomic E-state index is 0.00502. The van der Waals surface area contributed by atoms with E-state index in [-0.39, 0.29) is 125 Å². The number of hydrogen-bond donors (Lipinski definition) is 8. The lowest BCUT2D eigenvalue weighted by Gasteiger charge is -2.19. The number of fused-ring (bicyclic) bond motifs is 4. The van der Waals surface area contributed by atoms with Crippen molar-refractivity contribution in [3.8, 4) is 5.75 Å². The Morgan fingerprint density at radius 3 is 0.944 bits per heavy atom. The average molecular weight is 1820 g/mol. The molecule has 8 N–H and O–H groups in total. The molecular weight excluding hydrogens is 1760 g/mol. The number of nitrogens with zero attached hydrogens (tertiary/aromatic N) is 4. The number of halogens is 4. The van der Waals surface area contributed by atoms with Crippen LogP contribution in [0.5, 0.6) is 5.75 Å². The molecule has 0 unspecified atom stereocenters. The highest BCUT2D eigenvalue weighted by Gasteiger charge is 2.36. The lowest BCUT2D eigenvalue weighted by atomic mass is 9.92. The van der Waals surface area contributed by atoms with Crippen LogP contribution in [0.2, 0.25) is 0 Å². The molecule has 0 fully saturated rings. The SMILES string of the molecule is COc1ccccc1NS(=O)(=O)c1ccc(NC2=C(Cl)C(=O)c3ccccc3C2=O)cc1.Cc1ccnc(NS(=O)(=O)c2ccc(NC3=C(Cl)C(=O)c4ccccc4C3=O)cc2)n1.Cc1noc(NS(=O)(=O)c2ccc(NC3=C(Cl)C(=O)c4ccccc4C3=O)cc2)c1C.O=C1C(Cl)=C(Nc2ccc(S(=O)(=O)Nc3ccccn3)cc2)C(=O)c2ccccc21. The van der Waals surface area contributed by atoms with Gasteiger partial charge in [0.05, 0.1) is 38.1 Å². The summed E-state index contributed by atoms with van der Waals surface area (Å²) in [5.41, 5.74) is 5.43. The van der Waals surface area contributed by atoms with Crippen molar-refractivity contribution in [2.24, 2.45) is 0 Å². The first-order valence-corrected chi connectivity index (χ1v) is 43.8. The van der Waals surface area contributed by atoms with Crippen molar-refractivity contribution in [3.05, 3.63) is 359 Å². The number of para-hydroxylation sites is 2. The van der Waals surface area contributed by atoms with Crippen LogP contribution in [0.4, 0.5) is 46.1 Å². The van der Waals surface area contributed by atoms with Gasteiger partial charge in [0.2, 0.25) is 58.1 Å². The number of allylic oxidation sites excluding steroid dienone is 8. The third kappa shape index (κ3) is 19.1. The number of sulfonamides is 4. The van der Waals surface area contributed by atoms with Crippen LogP contribution in [0.1, 0.15) is 99.8 Å². The highest BCUT2D eigenvalue weighted by Crippen LogP contribution is 2.37. The molecule has 0 spiro atoms. The van der Waals surface area contributed by atoms with Gasteiger partial charge in [0.25, 0.3) is 40.1 Å². The third-order valence-electron chi connectivity index (χ3n) is 18.6. The molecule has 12 aromatic rings. The van der Waals surface area contributed by atoms with Crippen LogP contribution in [0, 0.1) is 20.8 Å². The predicted octanol–water partition coefficient (Wildman–Crippen LogP) is 15.8. The molecule has 16 rings (SSSR count). The molecular formula is C86H62Cl4N12O18S4. The second-order valence-corrected chi connectivity index (χ2v) is 35.0. The molecule has 0 amide bonds. The monoisotopic (exact) mass is 1820 g/mol. The first-order chi connectivity index (χ1) is 59.1. The minimum Gasteiger partial charge on any atom is -0.495 e. The van der Waals surface area contributed by atoms with Gasteiger partial charge < -0.3 is 30.5 Å². The summed E-state index contributed by atoms with van der Waals surface area (Å²) in [7, 11) is -14.1. The number of carbonyl (C=O) groups excluding carboxylic acids is 8. The minimum atomic E-state index is -3.91. The van der Waals surface area contributed by atoms with Crippen LogP contribution >= 0.6 is 46.4 Å². The van der Waals surface area contributed by atoms with E-state index in [4.69, 9.17) is 55.7 Å². The number of aryl methyl sites for hydroxylation is 2. The second-order valence-electron chi connectivity index (χ2n) is 26.7. The number of Topliss-reactive ketones (excluding diaryl/α,β-unsaturated/α-hetero) is 8. The Hall–Kier alpha value is -14.1. The van der Waals surface area contributed by atoms with Gasteiger partial charge in [-0.3, -0.25) is 47.8 Å². The first kappa shape index (κ1) is 87.7. The van der Waals surface area contributed by atoms with Crippen LogP contribution in [0.25, 0.3) is 0 Å². The Morgan fingerprint density at radius 2 is 0.629 bits per heavy atom. The molecule has 0 saturated heterocycles. The van der Waals surface area contributed by atoms with Gasteiger partial charge in [0, 0.05) is 90.9 Å². The van der Waals surface area contributed by atoms with Gasteiger partial charge >= 0.3 is 0 Å². The summed E-state index contributed by atoms with van der Waals surface area (Å²) in [5.74, 6) is -2.91. The van der Waals surface area contributed by atoms with Gasteiger partial charge in [-0.15, -0.1) is 0 Å². The summed E-state index contributed by atoms with van der Waals surface area (Å²) in [4.78, 5) is 113. The van der Waals surface area contributed by atoms with E-state index in [1.165, 1.54) is 123 Å². The number of hydrogen-bond acceptors (Lipinski definition) is 26. The number of rotatable bonds is 21. The predicted molar refractivity (Wildman–Crippen MR) is 465 cm³/mol. The van der Waals surface area contributed by atoms with E-state index in [0.29, 0.717) is 51.1 Å². The molecule has 3 heterocycles. The van der Waals surface area contributed by atoms with E-state index in [9.17, 15) is 72.0 Å².